The normalized spacial score (nSPS) is 24.1. The van der Waals surface area contributed by atoms with E-state index in [0.717, 1.165) is 5.06 Å². The van der Waals surface area contributed by atoms with Gasteiger partial charge in [0.25, 0.3) is 5.91 Å². The second-order valence-electron chi connectivity index (χ2n) is 3.09. The lowest BCUT2D eigenvalue weighted by atomic mass is 9.99. The Bertz CT molecular complexity index is 210. The topological polar surface area (TPSA) is 46.6 Å². The summed E-state index contributed by atoms with van der Waals surface area (Å²) in [6.45, 7) is 3.30. The van der Waals surface area contributed by atoms with Crippen LogP contribution in [0.5, 0.6) is 0 Å². The molecule has 1 aliphatic heterocycles. The molecule has 0 aliphatic carbocycles. The zero-order chi connectivity index (χ0) is 8.65. The van der Waals surface area contributed by atoms with Gasteiger partial charge < -0.3 is 0 Å². The zero-order valence-electron chi connectivity index (χ0n) is 6.88. The van der Waals surface area contributed by atoms with Crippen LogP contribution in [-0.2, 0) is 14.4 Å². The lowest BCUT2D eigenvalue weighted by Gasteiger charge is -2.33. The molecule has 1 heterocycles. The Morgan fingerprint density at radius 3 is 2.45 bits per heavy atom. The molecule has 1 rings (SSSR count). The molecular weight excluding hydrogens is 146 g/mol. The first-order valence-electron chi connectivity index (χ1n) is 3.42. The van der Waals surface area contributed by atoms with Gasteiger partial charge in [0.1, 0.15) is 5.60 Å². The van der Waals surface area contributed by atoms with Crippen molar-refractivity contribution in [1.29, 1.82) is 0 Å². The van der Waals surface area contributed by atoms with Gasteiger partial charge in [-0.15, -0.1) is 0 Å². The predicted molar refractivity (Wildman–Crippen MR) is 37.6 cm³/mol. The number of carbonyl (C=O) groups is 2. The van der Waals surface area contributed by atoms with Crippen molar-refractivity contribution in [2.75, 3.05) is 7.05 Å². The Kier molecular flexibility index (Phi) is 1.72. The molecule has 0 saturated carbocycles. The van der Waals surface area contributed by atoms with Gasteiger partial charge in [-0.3, -0.25) is 14.4 Å². The van der Waals surface area contributed by atoms with Gasteiger partial charge in [-0.05, 0) is 13.8 Å². The van der Waals surface area contributed by atoms with E-state index in [9.17, 15) is 9.59 Å². The quantitative estimate of drug-likeness (QED) is 0.469. The van der Waals surface area contributed by atoms with Crippen molar-refractivity contribution in [2.24, 2.45) is 0 Å². The molecule has 0 aromatic carbocycles. The number of hydrogen-bond acceptors (Lipinski definition) is 3. The molecule has 1 aliphatic rings. The van der Waals surface area contributed by atoms with Crippen LogP contribution in [0.4, 0.5) is 0 Å². The van der Waals surface area contributed by atoms with E-state index in [1.165, 1.54) is 7.05 Å². The van der Waals surface area contributed by atoms with E-state index in [2.05, 4.69) is 0 Å². The monoisotopic (exact) mass is 157 g/mol. The Morgan fingerprint density at radius 1 is 1.45 bits per heavy atom. The van der Waals surface area contributed by atoms with E-state index in [0.29, 0.717) is 0 Å². The minimum Gasteiger partial charge on any atom is -0.296 e. The predicted octanol–water partition coefficient (Wildman–Crippen LogP) is 0.128. The maximum absolute atomic E-state index is 11.1. The highest BCUT2D eigenvalue weighted by atomic mass is 16.7. The first-order valence-corrected chi connectivity index (χ1v) is 3.42. The Morgan fingerprint density at radius 2 is 2.00 bits per heavy atom. The minimum absolute atomic E-state index is 0.0521. The first-order chi connectivity index (χ1) is 4.93. The summed E-state index contributed by atoms with van der Waals surface area (Å²) in [4.78, 5) is 27.0. The van der Waals surface area contributed by atoms with Crippen LogP contribution >= 0.6 is 0 Å². The van der Waals surface area contributed by atoms with E-state index in [-0.39, 0.29) is 18.1 Å². The standard InChI is InChI=1S/C7H11NO3/c1-7(2)5(9)4-6(10)8(3)11-7/h4H2,1-3H3. The molecule has 4 nitrogen and oxygen atoms in total. The van der Waals surface area contributed by atoms with Gasteiger partial charge in [0, 0.05) is 7.05 Å². The van der Waals surface area contributed by atoms with Gasteiger partial charge in [0.15, 0.2) is 5.78 Å². The summed E-state index contributed by atoms with van der Waals surface area (Å²) < 4.78 is 0. The third-order valence-corrected chi connectivity index (χ3v) is 1.70. The van der Waals surface area contributed by atoms with Crippen LogP contribution in [-0.4, -0.2) is 29.4 Å². The third kappa shape index (κ3) is 1.40. The molecule has 1 saturated heterocycles. The van der Waals surface area contributed by atoms with Crippen molar-refractivity contribution in [3.05, 3.63) is 0 Å². The van der Waals surface area contributed by atoms with E-state index in [1.54, 1.807) is 13.8 Å². The summed E-state index contributed by atoms with van der Waals surface area (Å²) in [5.74, 6) is -0.449. The first kappa shape index (κ1) is 8.20. The fourth-order valence-electron chi connectivity index (χ4n) is 0.906. The van der Waals surface area contributed by atoms with Crippen LogP contribution in [0.15, 0.2) is 0 Å². The maximum atomic E-state index is 11.1. The number of hydroxylamine groups is 2. The number of nitrogens with zero attached hydrogens (tertiary/aromatic N) is 1. The molecule has 4 heteroatoms. The van der Waals surface area contributed by atoms with Crippen molar-refractivity contribution >= 4 is 11.7 Å². The van der Waals surface area contributed by atoms with Crippen molar-refractivity contribution in [1.82, 2.24) is 5.06 Å². The zero-order valence-corrected chi connectivity index (χ0v) is 6.88. The molecule has 0 spiro atoms. The molecule has 0 radical (unpaired) electrons. The van der Waals surface area contributed by atoms with Gasteiger partial charge in [-0.25, -0.2) is 5.06 Å². The third-order valence-electron chi connectivity index (χ3n) is 1.70. The summed E-state index contributed by atoms with van der Waals surface area (Å²) in [5.41, 5.74) is -0.845. The summed E-state index contributed by atoms with van der Waals surface area (Å²) in [6, 6.07) is 0. The van der Waals surface area contributed by atoms with Crippen LogP contribution in [0.25, 0.3) is 0 Å². The second-order valence-corrected chi connectivity index (χ2v) is 3.09. The van der Waals surface area contributed by atoms with Crippen LogP contribution in [0.1, 0.15) is 20.3 Å². The van der Waals surface area contributed by atoms with Gasteiger partial charge in [0.2, 0.25) is 0 Å². The van der Waals surface area contributed by atoms with Crippen molar-refractivity contribution in [3.8, 4) is 0 Å². The lowest BCUT2D eigenvalue weighted by molar-refractivity contribution is -0.231. The number of Topliss-reactive ketones (excluding diaryl/α,β-unsaturated/α-hetero) is 1. The van der Waals surface area contributed by atoms with Crippen molar-refractivity contribution in [2.45, 2.75) is 25.9 Å². The second kappa shape index (κ2) is 2.30. The molecule has 0 bridgehead atoms. The van der Waals surface area contributed by atoms with Crippen LogP contribution in [0.2, 0.25) is 0 Å². The van der Waals surface area contributed by atoms with E-state index in [1.807, 2.05) is 0 Å². The van der Waals surface area contributed by atoms with Crippen LogP contribution in [0, 0.1) is 0 Å². The molecule has 0 atom stereocenters. The fraction of sp³-hybridized carbons (Fsp3) is 0.714. The van der Waals surface area contributed by atoms with Crippen LogP contribution < -0.4 is 0 Å². The average Bonchev–Trinajstić information content (AvgIpc) is 1.83. The Labute approximate surface area is 65.1 Å². The highest BCUT2D eigenvalue weighted by molar-refractivity contribution is 6.03. The Balaban J connectivity index is 2.79. The average molecular weight is 157 g/mol. The molecular formula is C7H11NO3. The lowest BCUT2D eigenvalue weighted by Crippen LogP contribution is -2.49. The molecule has 0 aromatic heterocycles. The summed E-state index contributed by atoms with van der Waals surface area (Å²) in [7, 11) is 1.51. The molecule has 11 heavy (non-hydrogen) atoms. The van der Waals surface area contributed by atoms with Gasteiger partial charge in [0.05, 0.1) is 6.42 Å². The highest BCUT2D eigenvalue weighted by Crippen LogP contribution is 2.20. The van der Waals surface area contributed by atoms with E-state index >= 15 is 0 Å². The molecule has 62 valence electrons. The van der Waals surface area contributed by atoms with Crippen LogP contribution in [0.3, 0.4) is 0 Å². The van der Waals surface area contributed by atoms with E-state index in [4.69, 9.17) is 4.84 Å². The SMILES string of the molecule is CN1OC(C)(C)C(=O)CC1=O. The Hall–Kier alpha value is -0.900. The summed E-state index contributed by atoms with van der Waals surface area (Å²) >= 11 is 0. The van der Waals surface area contributed by atoms with Gasteiger partial charge in [-0.1, -0.05) is 0 Å². The number of rotatable bonds is 0. The van der Waals surface area contributed by atoms with Gasteiger partial charge in [-0.2, -0.15) is 0 Å². The molecule has 0 unspecified atom stereocenters. The number of ketones is 1. The summed E-state index contributed by atoms with van der Waals surface area (Å²) in [6.07, 6.45) is -0.0521. The molecule has 0 N–H and O–H groups in total. The maximum Gasteiger partial charge on any atom is 0.253 e. The fourth-order valence-corrected chi connectivity index (χ4v) is 0.906. The number of amides is 1. The van der Waals surface area contributed by atoms with Gasteiger partial charge >= 0.3 is 0 Å². The largest absolute Gasteiger partial charge is 0.296 e. The molecule has 1 fully saturated rings. The molecule has 1 amide bonds. The van der Waals surface area contributed by atoms with Crippen molar-refractivity contribution in [3.63, 3.8) is 0 Å². The van der Waals surface area contributed by atoms with Crippen molar-refractivity contribution < 1.29 is 14.4 Å². The van der Waals surface area contributed by atoms with E-state index < -0.39 is 5.60 Å². The highest BCUT2D eigenvalue weighted by Gasteiger charge is 2.38. The number of hydrogen-bond donors (Lipinski definition) is 0. The summed E-state index contributed by atoms with van der Waals surface area (Å²) in [5, 5.41) is 1.11. The molecule has 0 aromatic rings. The number of carbonyl (C=O) groups excluding carboxylic acids is 2. The minimum atomic E-state index is -0.845. The smallest absolute Gasteiger partial charge is 0.253 e.